The normalized spacial score (nSPS) is 16.9. The topological polar surface area (TPSA) is 125 Å². The molecule has 0 spiro atoms. The van der Waals surface area contributed by atoms with Gasteiger partial charge in [-0.15, -0.1) is 0 Å². The number of carbonyl (C=O) groups is 1. The Morgan fingerprint density at radius 3 is 2.29 bits per heavy atom. The number of hydrogen-bond donors (Lipinski definition) is 4. The molecule has 0 bridgehead atoms. The zero-order chi connectivity index (χ0) is 28.6. The minimum atomic E-state index is -0.535. The molecule has 5 rings (SSSR count). The number of aliphatic hydroxyl groups is 1. The summed E-state index contributed by atoms with van der Waals surface area (Å²) in [4.78, 5) is 33.8. The predicted octanol–water partition coefficient (Wildman–Crippen LogP) is 1.37. The van der Waals surface area contributed by atoms with E-state index in [4.69, 9.17) is 5.11 Å². The number of aliphatic hydroxyl groups excluding tert-OH is 1. The zero-order valence-electron chi connectivity index (χ0n) is 23.3. The Morgan fingerprint density at radius 1 is 0.902 bits per heavy atom. The monoisotopic (exact) mass is 564 g/mol. The Labute approximate surface area is 239 Å². The number of nitrogens with zero attached hydrogens (tertiary/aromatic N) is 7. The summed E-state index contributed by atoms with van der Waals surface area (Å²) in [6, 6.07) is 11.7. The number of likely N-dealkylation sites (N-methyl/N-ethyl adjacent to an activating group) is 1. The highest BCUT2D eigenvalue weighted by molar-refractivity contribution is 5.93. The number of amides is 1. The lowest BCUT2D eigenvalue weighted by molar-refractivity contribution is 0.0957. The summed E-state index contributed by atoms with van der Waals surface area (Å²) in [5, 5.41) is 12.4. The van der Waals surface area contributed by atoms with E-state index in [9.17, 15) is 9.18 Å². The lowest BCUT2D eigenvalue weighted by atomic mass is 10.1. The molecule has 41 heavy (non-hydrogen) atoms. The highest BCUT2D eigenvalue weighted by Crippen LogP contribution is 2.20. The van der Waals surface area contributed by atoms with E-state index in [2.05, 4.69) is 65.0 Å². The second-order valence-electron chi connectivity index (χ2n) is 10.3. The Morgan fingerprint density at radius 2 is 1.61 bits per heavy atom. The van der Waals surface area contributed by atoms with Crippen LogP contribution in [0.2, 0.25) is 0 Å². The largest absolute Gasteiger partial charge is 0.395 e. The summed E-state index contributed by atoms with van der Waals surface area (Å²) < 4.78 is 14.4. The molecule has 1 amide bonds. The number of anilines is 4. The fraction of sp³-hybridized carbons (Fsp3) is 0.429. The van der Waals surface area contributed by atoms with Gasteiger partial charge in [0.2, 0.25) is 5.95 Å². The Hall–Kier alpha value is -3.91. The molecule has 0 radical (unpaired) electrons. The number of piperazine rings is 2. The van der Waals surface area contributed by atoms with Gasteiger partial charge in [0.1, 0.15) is 5.69 Å². The summed E-state index contributed by atoms with van der Waals surface area (Å²) in [5.74, 6) is -0.771. The number of hydrogen-bond acceptors (Lipinski definition) is 11. The highest BCUT2D eigenvalue weighted by Gasteiger charge is 2.21. The molecule has 2 fully saturated rings. The van der Waals surface area contributed by atoms with Crippen molar-refractivity contribution < 1.29 is 14.3 Å². The molecule has 0 saturated carbocycles. The number of rotatable bonds is 10. The van der Waals surface area contributed by atoms with Crippen molar-refractivity contribution in [2.75, 3.05) is 88.2 Å². The number of β-amino-alcohol motifs (C(OH)–C–C–N with tert-alkyl or cyclic N) is 1. The van der Waals surface area contributed by atoms with Gasteiger partial charge in [-0.1, -0.05) is 12.1 Å². The molecular formula is C28H37FN10O2. The van der Waals surface area contributed by atoms with Crippen molar-refractivity contribution in [3.63, 3.8) is 0 Å². The van der Waals surface area contributed by atoms with Gasteiger partial charge in [-0.05, 0) is 36.9 Å². The fourth-order valence-electron chi connectivity index (χ4n) is 4.87. The fourth-order valence-corrected chi connectivity index (χ4v) is 4.87. The van der Waals surface area contributed by atoms with Gasteiger partial charge in [-0.3, -0.25) is 25.4 Å². The minimum absolute atomic E-state index is 0.0712. The molecule has 4 N–H and O–H groups in total. The van der Waals surface area contributed by atoms with E-state index in [1.807, 2.05) is 17.0 Å². The third-order valence-electron chi connectivity index (χ3n) is 7.34. The molecule has 0 unspecified atom stereocenters. The highest BCUT2D eigenvalue weighted by atomic mass is 19.1. The van der Waals surface area contributed by atoms with Gasteiger partial charge < -0.3 is 20.2 Å². The van der Waals surface area contributed by atoms with E-state index in [0.717, 1.165) is 50.3 Å². The lowest BCUT2D eigenvalue weighted by Gasteiger charge is -2.35. The quantitative estimate of drug-likeness (QED) is 0.267. The average molecular weight is 565 g/mol. The molecule has 218 valence electrons. The third kappa shape index (κ3) is 7.85. The molecule has 13 heteroatoms. The van der Waals surface area contributed by atoms with Crippen LogP contribution in [0.25, 0.3) is 0 Å². The van der Waals surface area contributed by atoms with Gasteiger partial charge in [-0.25, -0.2) is 14.4 Å². The molecule has 0 aliphatic carbocycles. The summed E-state index contributed by atoms with van der Waals surface area (Å²) in [6.45, 7) is 8.54. The molecule has 12 nitrogen and oxygen atoms in total. The lowest BCUT2D eigenvalue weighted by Crippen LogP contribution is -2.47. The summed E-state index contributed by atoms with van der Waals surface area (Å²) in [5.41, 5.74) is 8.34. The minimum Gasteiger partial charge on any atom is -0.395 e. The number of nitrogens with one attached hydrogen (secondary N) is 3. The maximum absolute atomic E-state index is 14.4. The summed E-state index contributed by atoms with van der Waals surface area (Å²) in [6.07, 6.45) is 2.67. The van der Waals surface area contributed by atoms with Gasteiger partial charge in [0.15, 0.2) is 11.6 Å². The first-order chi connectivity index (χ1) is 20.0. The van der Waals surface area contributed by atoms with Crippen LogP contribution in [0, 0.1) is 5.82 Å². The first-order valence-electron chi connectivity index (χ1n) is 13.9. The van der Waals surface area contributed by atoms with Crippen LogP contribution in [-0.4, -0.2) is 113 Å². The van der Waals surface area contributed by atoms with Crippen molar-refractivity contribution in [2.45, 2.75) is 6.54 Å². The van der Waals surface area contributed by atoms with Crippen LogP contribution in [0.5, 0.6) is 0 Å². The first-order valence-corrected chi connectivity index (χ1v) is 13.9. The summed E-state index contributed by atoms with van der Waals surface area (Å²) >= 11 is 0. The maximum atomic E-state index is 14.4. The second kappa shape index (κ2) is 13.6. The van der Waals surface area contributed by atoms with Crippen LogP contribution in [0.4, 0.5) is 27.5 Å². The van der Waals surface area contributed by atoms with Crippen LogP contribution in [0.15, 0.2) is 48.8 Å². The van der Waals surface area contributed by atoms with Crippen LogP contribution in [-0.2, 0) is 6.54 Å². The Bertz CT molecular complexity index is 1280. The number of halogens is 1. The molecule has 0 atom stereocenters. The second-order valence-corrected chi connectivity index (χ2v) is 10.3. The Kier molecular flexibility index (Phi) is 9.51. The van der Waals surface area contributed by atoms with Gasteiger partial charge in [0, 0.05) is 71.1 Å². The van der Waals surface area contributed by atoms with Gasteiger partial charge >= 0.3 is 0 Å². The van der Waals surface area contributed by atoms with Crippen LogP contribution in [0.3, 0.4) is 0 Å². The van der Waals surface area contributed by atoms with E-state index in [1.54, 1.807) is 18.3 Å². The molecule has 4 heterocycles. The zero-order valence-corrected chi connectivity index (χ0v) is 23.3. The van der Waals surface area contributed by atoms with E-state index in [1.165, 1.54) is 5.56 Å². The molecule has 2 aliphatic heterocycles. The molecule has 2 aromatic heterocycles. The molecule has 2 aliphatic rings. The van der Waals surface area contributed by atoms with Crippen LogP contribution < -0.4 is 21.1 Å². The van der Waals surface area contributed by atoms with E-state index in [-0.39, 0.29) is 24.1 Å². The van der Waals surface area contributed by atoms with Crippen LogP contribution in [0.1, 0.15) is 16.1 Å². The SMILES string of the molecule is CN1CCN(Cc2ccc(Nc3ccc(C(=O)NNc4ncc(F)c(N5CCN(CCO)CC5)n4)nc3)cc2)CC1. The predicted molar refractivity (Wildman–Crippen MR) is 156 cm³/mol. The summed E-state index contributed by atoms with van der Waals surface area (Å²) in [7, 11) is 2.16. The van der Waals surface area contributed by atoms with Crippen molar-refractivity contribution in [3.05, 3.63) is 65.9 Å². The Balaban J connectivity index is 1.10. The van der Waals surface area contributed by atoms with E-state index < -0.39 is 11.7 Å². The van der Waals surface area contributed by atoms with Crippen molar-refractivity contribution >= 4 is 29.0 Å². The average Bonchev–Trinajstić information content (AvgIpc) is 3.00. The van der Waals surface area contributed by atoms with Crippen molar-refractivity contribution in [2.24, 2.45) is 0 Å². The molecule has 1 aromatic carbocycles. The number of carbonyl (C=O) groups excluding carboxylic acids is 1. The van der Waals surface area contributed by atoms with E-state index >= 15 is 0 Å². The number of pyridine rings is 1. The van der Waals surface area contributed by atoms with Gasteiger partial charge in [0.05, 0.1) is 24.7 Å². The number of aromatic nitrogens is 3. The number of hydrazine groups is 1. The molecular weight excluding hydrogens is 527 g/mol. The van der Waals surface area contributed by atoms with Crippen molar-refractivity contribution in [3.8, 4) is 0 Å². The van der Waals surface area contributed by atoms with E-state index in [0.29, 0.717) is 32.7 Å². The smallest absolute Gasteiger partial charge is 0.288 e. The van der Waals surface area contributed by atoms with Crippen molar-refractivity contribution in [1.82, 2.24) is 35.1 Å². The molecule has 3 aromatic rings. The number of benzene rings is 1. The molecule has 2 saturated heterocycles. The standard InChI is InChI=1S/C28H37FN10O2/c1-36-8-10-38(11-9-36)20-21-2-4-22(5-3-21)32-23-6-7-25(30-18-23)27(41)34-35-28-31-19-24(29)26(33-28)39-14-12-37(13-15-39)16-17-40/h2-7,18-19,32,40H,8-17,20H2,1H3,(H,34,41)(H,31,33,35). The van der Waals surface area contributed by atoms with Crippen LogP contribution >= 0.6 is 0 Å². The third-order valence-corrected chi connectivity index (χ3v) is 7.34. The van der Waals surface area contributed by atoms with Crippen molar-refractivity contribution in [1.29, 1.82) is 0 Å². The van der Waals surface area contributed by atoms with Gasteiger partial charge in [0.25, 0.3) is 5.91 Å². The first kappa shape index (κ1) is 28.6. The van der Waals surface area contributed by atoms with Gasteiger partial charge in [-0.2, -0.15) is 4.98 Å². The maximum Gasteiger partial charge on any atom is 0.288 e.